The zero-order chi connectivity index (χ0) is 14.5. The normalized spacial score (nSPS) is 21.6. The van der Waals surface area contributed by atoms with Gasteiger partial charge >= 0.3 is 5.97 Å². The summed E-state index contributed by atoms with van der Waals surface area (Å²) in [7, 11) is 0. The molecule has 20 heavy (non-hydrogen) atoms. The molecule has 0 spiro atoms. The van der Waals surface area contributed by atoms with Crippen molar-refractivity contribution in [3.63, 3.8) is 0 Å². The van der Waals surface area contributed by atoms with Gasteiger partial charge in [-0.05, 0) is 36.8 Å². The van der Waals surface area contributed by atoms with E-state index in [1.807, 2.05) is 24.3 Å². The number of amides is 1. The third-order valence-corrected chi connectivity index (χ3v) is 3.94. The zero-order valence-corrected chi connectivity index (χ0v) is 11.8. The first-order valence-electron chi connectivity index (χ1n) is 7.18. The number of hydrogen-bond donors (Lipinski definition) is 2. The number of carbonyl (C=O) groups excluding carboxylic acids is 1. The van der Waals surface area contributed by atoms with E-state index in [1.165, 1.54) is 5.56 Å². The molecule has 2 rings (SSSR count). The van der Waals surface area contributed by atoms with Crippen molar-refractivity contribution in [3.05, 3.63) is 35.4 Å². The first-order chi connectivity index (χ1) is 9.58. The highest BCUT2D eigenvalue weighted by molar-refractivity contribution is 5.79. The van der Waals surface area contributed by atoms with Crippen LogP contribution in [0.15, 0.2) is 24.3 Å². The topological polar surface area (TPSA) is 66.4 Å². The van der Waals surface area contributed by atoms with Crippen molar-refractivity contribution in [3.8, 4) is 0 Å². The lowest BCUT2D eigenvalue weighted by atomic mass is 10.1. The van der Waals surface area contributed by atoms with E-state index in [0.717, 1.165) is 18.4 Å². The van der Waals surface area contributed by atoms with E-state index in [0.29, 0.717) is 19.3 Å². The van der Waals surface area contributed by atoms with E-state index < -0.39 is 5.97 Å². The number of aliphatic carboxylic acids is 1. The summed E-state index contributed by atoms with van der Waals surface area (Å²) in [4.78, 5) is 22.8. The Morgan fingerprint density at radius 1 is 1.20 bits per heavy atom. The highest BCUT2D eigenvalue weighted by Crippen LogP contribution is 2.25. The summed E-state index contributed by atoms with van der Waals surface area (Å²) in [6.07, 6.45) is 3.32. The Labute approximate surface area is 119 Å². The number of carbonyl (C=O) groups is 2. The highest BCUT2D eigenvalue weighted by atomic mass is 16.4. The molecule has 1 aromatic carbocycles. The SMILES string of the molecule is CCc1ccc(CC(=O)N[C@H]2CC[C@@H](C(=O)O)C2)cc1. The van der Waals surface area contributed by atoms with Gasteiger partial charge in [0.2, 0.25) is 5.91 Å². The number of benzene rings is 1. The van der Waals surface area contributed by atoms with E-state index in [1.54, 1.807) is 0 Å². The molecule has 1 saturated carbocycles. The van der Waals surface area contributed by atoms with Crippen LogP contribution in [0.2, 0.25) is 0 Å². The lowest BCUT2D eigenvalue weighted by molar-refractivity contribution is -0.141. The molecule has 108 valence electrons. The maximum atomic E-state index is 11.9. The van der Waals surface area contributed by atoms with Gasteiger partial charge in [-0.2, -0.15) is 0 Å². The molecular formula is C16H21NO3. The van der Waals surface area contributed by atoms with Gasteiger partial charge < -0.3 is 10.4 Å². The number of rotatable bonds is 5. The molecule has 0 aliphatic heterocycles. The van der Waals surface area contributed by atoms with Gasteiger partial charge in [-0.1, -0.05) is 31.2 Å². The van der Waals surface area contributed by atoms with Gasteiger partial charge in [0.05, 0.1) is 12.3 Å². The molecule has 0 saturated heterocycles. The maximum absolute atomic E-state index is 11.9. The fourth-order valence-corrected chi connectivity index (χ4v) is 2.69. The summed E-state index contributed by atoms with van der Waals surface area (Å²) in [6.45, 7) is 2.10. The largest absolute Gasteiger partial charge is 0.481 e. The van der Waals surface area contributed by atoms with Crippen LogP contribution in [-0.4, -0.2) is 23.0 Å². The third-order valence-electron chi connectivity index (χ3n) is 3.94. The summed E-state index contributed by atoms with van der Waals surface area (Å²) >= 11 is 0. The summed E-state index contributed by atoms with van der Waals surface area (Å²) in [5, 5.41) is 11.9. The lowest BCUT2D eigenvalue weighted by Crippen LogP contribution is -2.34. The molecule has 1 aromatic rings. The molecule has 4 heteroatoms. The summed E-state index contributed by atoms with van der Waals surface area (Å²) in [5.41, 5.74) is 2.25. The number of carboxylic acids is 1. The average molecular weight is 275 g/mol. The highest BCUT2D eigenvalue weighted by Gasteiger charge is 2.30. The van der Waals surface area contributed by atoms with Gasteiger partial charge in [0.1, 0.15) is 0 Å². The number of carboxylic acid groups (broad SMARTS) is 1. The van der Waals surface area contributed by atoms with E-state index in [-0.39, 0.29) is 17.9 Å². The molecule has 2 atom stereocenters. The summed E-state index contributed by atoms with van der Waals surface area (Å²) in [5.74, 6) is -1.08. The molecule has 0 aromatic heterocycles. The molecule has 0 radical (unpaired) electrons. The molecule has 4 nitrogen and oxygen atoms in total. The van der Waals surface area contributed by atoms with Crippen LogP contribution in [0, 0.1) is 5.92 Å². The van der Waals surface area contributed by atoms with Gasteiger partial charge in [0.15, 0.2) is 0 Å². The van der Waals surface area contributed by atoms with Gasteiger partial charge in [-0.25, -0.2) is 0 Å². The minimum atomic E-state index is -0.753. The molecular weight excluding hydrogens is 254 g/mol. The minimum absolute atomic E-state index is 0.0125. The Kier molecular flexibility index (Phi) is 4.77. The zero-order valence-electron chi connectivity index (χ0n) is 11.8. The summed E-state index contributed by atoms with van der Waals surface area (Å²) in [6, 6.07) is 8.05. The van der Waals surface area contributed by atoms with Crippen LogP contribution in [0.25, 0.3) is 0 Å². The second-order valence-corrected chi connectivity index (χ2v) is 5.46. The molecule has 0 heterocycles. The summed E-state index contributed by atoms with van der Waals surface area (Å²) < 4.78 is 0. The Morgan fingerprint density at radius 2 is 1.85 bits per heavy atom. The third kappa shape index (κ3) is 3.83. The standard InChI is InChI=1S/C16H21NO3/c1-2-11-3-5-12(6-4-11)9-15(18)17-14-8-7-13(10-14)16(19)20/h3-6,13-14H,2,7-10H2,1H3,(H,17,18)(H,19,20)/t13-,14+/m1/s1. The van der Waals surface area contributed by atoms with Gasteiger partial charge in [0.25, 0.3) is 0 Å². The fourth-order valence-electron chi connectivity index (χ4n) is 2.69. The van der Waals surface area contributed by atoms with Crippen LogP contribution < -0.4 is 5.32 Å². The van der Waals surface area contributed by atoms with Crippen molar-refractivity contribution in [2.45, 2.75) is 45.1 Å². The van der Waals surface area contributed by atoms with Crippen LogP contribution in [-0.2, 0) is 22.4 Å². The number of aryl methyl sites for hydroxylation is 1. The van der Waals surface area contributed by atoms with Crippen molar-refractivity contribution >= 4 is 11.9 Å². The van der Waals surface area contributed by atoms with Crippen molar-refractivity contribution in [2.24, 2.45) is 5.92 Å². The van der Waals surface area contributed by atoms with E-state index in [4.69, 9.17) is 5.11 Å². The Bertz CT molecular complexity index is 481. The quantitative estimate of drug-likeness (QED) is 0.865. The minimum Gasteiger partial charge on any atom is -0.481 e. The molecule has 0 unspecified atom stereocenters. The van der Waals surface area contributed by atoms with Crippen LogP contribution in [0.3, 0.4) is 0 Å². The molecule has 1 aliphatic rings. The first kappa shape index (κ1) is 14.6. The Balaban J connectivity index is 1.82. The lowest BCUT2D eigenvalue weighted by Gasteiger charge is -2.12. The molecule has 2 N–H and O–H groups in total. The molecule has 0 bridgehead atoms. The molecule has 1 fully saturated rings. The molecule has 1 amide bonds. The number of hydrogen-bond acceptors (Lipinski definition) is 2. The van der Waals surface area contributed by atoms with E-state index >= 15 is 0 Å². The van der Waals surface area contributed by atoms with Crippen LogP contribution in [0.5, 0.6) is 0 Å². The van der Waals surface area contributed by atoms with Gasteiger partial charge in [0, 0.05) is 6.04 Å². The van der Waals surface area contributed by atoms with Gasteiger partial charge in [-0.15, -0.1) is 0 Å². The van der Waals surface area contributed by atoms with Crippen LogP contribution >= 0.6 is 0 Å². The Morgan fingerprint density at radius 3 is 2.40 bits per heavy atom. The van der Waals surface area contributed by atoms with Crippen molar-refractivity contribution < 1.29 is 14.7 Å². The fraction of sp³-hybridized carbons (Fsp3) is 0.500. The first-order valence-corrected chi connectivity index (χ1v) is 7.18. The number of nitrogens with one attached hydrogen (secondary N) is 1. The van der Waals surface area contributed by atoms with Crippen LogP contribution in [0.1, 0.15) is 37.3 Å². The predicted octanol–water partition coefficient (Wildman–Crippen LogP) is 2.16. The van der Waals surface area contributed by atoms with E-state index in [9.17, 15) is 9.59 Å². The van der Waals surface area contributed by atoms with Crippen LogP contribution in [0.4, 0.5) is 0 Å². The smallest absolute Gasteiger partial charge is 0.306 e. The monoisotopic (exact) mass is 275 g/mol. The van der Waals surface area contributed by atoms with Crippen molar-refractivity contribution in [2.75, 3.05) is 0 Å². The van der Waals surface area contributed by atoms with Gasteiger partial charge in [-0.3, -0.25) is 9.59 Å². The second kappa shape index (κ2) is 6.55. The second-order valence-electron chi connectivity index (χ2n) is 5.46. The van der Waals surface area contributed by atoms with Crippen molar-refractivity contribution in [1.29, 1.82) is 0 Å². The van der Waals surface area contributed by atoms with Crippen molar-refractivity contribution in [1.82, 2.24) is 5.32 Å². The average Bonchev–Trinajstić information content (AvgIpc) is 2.88. The molecule has 1 aliphatic carbocycles. The predicted molar refractivity (Wildman–Crippen MR) is 76.4 cm³/mol. The van der Waals surface area contributed by atoms with E-state index in [2.05, 4.69) is 12.2 Å². The Hall–Kier alpha value is -1.84. The maximum Gasteiger partial charge on any atom is 0.306 e.